The molecule has 12 heteroatoms. The normalized spacial score (nSPS) is 32.1. The molecule has 0 aliphatic carbocycles. The highest BCUT2D eigenvalue weighted by Crippen LogP contribution is 2.25. The number of carbonyl (C=O) groups is 1. The minimum Gasteiger partial charge on any atom is -0.388 e. The van der Waals surface area contributed by atoms with Gasteiger partial charge in [-0.15, -0.1) is 0 Å². The monoisotopic (exact) mass is 338 g/mol. The lowest BCUT2D eigenvalue weighted by Gasteiger charge is -2.43. The molecule has 0 saturated carbocycles. The first-order chi connectivity index (χ1) is 10.2. The van der Waals surface area contributed by atoms with Gasteiger partial charge in [0.05, 0.1) is 18.9 Å². The molecule has 0 aromatic rings. The van der Waals surface area contributed by atoms with Crippen LogP contribution < -0.4 is 5.32 Å². The van der Waals surface area contributed by atoms with Gasteiger partial charge in [0.15, 0.2) is 6.29 Å². The van der Waals surface area contributed by atoms with Crippen LogP contribution in [0.25, 0.3) is 10.4 Å². The SMILES string of the molecule is CO[C@@H]1O[C@H](CN=[N+]=[N-])[C@H](O)[C@H](OS(C)(=O)=O)[C@@H]1NC(C)=O. The molecular weight excluding hydrogens is 320 g/mol. The van der Waals surface area contributed by atoms with E-state index in [1.165, 1.54) is 14.0 Å². The summed E-state index contributed by atoms with van der Waals surface area (Å²) < 4.78 is 38.1. The summed E-state index contributed by atoms with van der Waals surface area (Å²) in [6.45, 7) is 0.955. The molecule has 126 valence electrons. The van der Waals surface area contributed by atoms with Crippen LogP contribution in [-0.4, -0.2) is 70.0 Å². The van der Waals surface area contributed by atoms with Gasteiger partial charge in [0.2, 0.25) is 5.91 Å². The third kappa shape index (κ3) is 5.09. The lowest BCUT2D eigenvalue weighted by Crippen LogP contribution is -2.65. The van der Waals surface area contributed by atoms with Gasteiger partial charge in [-0.2, -0.15) is 8.42 Å². The van der Waals surface area contributed by atoms with E-state index in [-0.39, 0.29) is 6.54 Å². The first-order valence-electron chi connectivity index (χ1n) is 6.22. The van der Waals surface area contributed by atoms with Crippen LogP contribution in [0.3, 0.4) is 0 Å². The molecule has 1 aliphatic rings. The molecule has 0 spiro atoms. The number of nitrogens with one attached hydrogen (secondary N) is 1. The van der Waals surface area contributed by atoms with Crippen LogP contribution in [0.1, 0.15) is 6.92 Å². The van der Waals surface area contributed by atoms with Crippen molar-refractivity contribution in [1.82, 2.24) is 5.32 Å². The van der Waals surface area contributed by atoms with Crippen molar-refractivity contribution in [2.24, 2.45) is 5.11 Å². The zero-order valence-corrected chi connectivity index (χ0v) is 13.1. The van der Waals surface area contributed by atoms with E-state index in [9.17, 15) is 18.3 Å². The van der Waals surface area contributed by atoms with Crippen LogP contribution in [-0.2, 0) is 28.6 Å². The summed E-state index contributed by atoms with van der Waals surface area (Å²) in [6.07, 6.45) is -4.12. The van der Waals surface area contributed by atoms with Crippen LogP contribution in [0.4, 0.5) is 0 Å². The standard InChI is InChI=1S/C10H18N4O7S/c1-5(15)13-7-9(21-22(3,17)18)8(16)6(4-12-14-11)20-10(7)19-2/h6-10,16H,4H2,1-3H3,(H,13,15)/t6-,7+,8+,9-,10-/m1/s1. The first kappa shape index (κ1) is 18.6. The molecule has 1 heterocycles. The molecule has 1 aliphatic heterocycles. The quantitative estimate of drug-likeness (QED) is 0.268. The second-order valence-electron chi connectivity index (χ2n) is 4.67. The predicted octanol–water partition coefficient (Wildman–Crippen LogP) is -1.12. The minimum atomic E-state index is -3.93. The Balaban J connectivity index is 3.11. The zero-order chi connectivity index (χ0) is 16.9. The van der Waals surface area contributed by atoms with E-state index in [1.54, 1.807) is 0 Å². The van der Waals surface area contributed by atoms with E-state index in [2.05, 4.69) is 15.3 Å². The van der Waals surface area contributed by atoms with Gasteiger partial charge in [-0.1, -0.05) is 5.11 Å². The summed E-state index contributed by atoms with van der Waals surface area (Å²) in [6, 6.07) is -1.06. The molecule has 2 N–H and O–H groups in total. The fourth-order valence-corrected chi connectivity index (χ4v) is 2.73. The van der Waals surface area contributed by atoms with Gasteiger partial charge < -0.3 is 19.9 Å². The molecule has 1 fully saturated rings. The summed E-state index contributed by atoms with van der Waals surface area (Å²) >= 11 is 0. The summed E-state index contributed by atoms with van der Waals surface area (Å²) in [4.78, 5) is 13.8. The molecule has 11 nitrogen and oxygen atoms in total. The number of rotatable bonds is 6. The predicted molar refractivity (Wildman–Crippen MR) is 73.0 cm³/mol. The van der Waals surface area contributed by atoms with E-state index in [1.807, 2.05) is 0 Å². The lowest BCUT2D eigenvalue weighted by atomic mass is 9.96. The molecule has 1 rings (SSSR count). The van der Waals surface area contributed by atoms with E-state index in [0.717, 1.165) is 6.26 Å². The highest BCUT2D eigenvalue weighted by atomic mass is 32.2. The van der Waals surface area contributed by atoms with Gasteiger partial charge in [0.1, 0.15) is 18.2 Å². The Hall–Kier alpha value is -1.43. The van der Waals surface area contributed by atoms with Crippen molar-refractivity contribution in [3.63, 3.8) is 0 Å². The van der Waals surface area contributed by atoms with Gasteiger partial charge in [0.25, 0.3) is 10.1 Å². The van der Waals surface area contributed by atoms with E-state index < -0.39 is 46.7 Å². The topological polar surface area (TPSA) is 160 Å². The van der Waals surface area contributed by atoms with Crippen molar-refractivity contribution in [1.29, 1.82) is 0 Å². The Labute approximate surface area is 127 Å². The third-order valence-electron chi connectivity index (χ3n) is 2.89. The number of aliphatic hydroxyl groups excluding tert-OH is 1. The maximum Gasteiger partial charge on any atom is 0.264 e. The molecule has 0 aromatic carbocycles. The van der Waals surface area contributed by atoms with E-state index in [4.69, 9.17) is 19.2 Å². The fraction of sp³-hybridized carbons (Fsp3) is 0.900. The van der Waals surface area contributed by atoms with Gasteiger partial charge in [-0.25, -0.2) is 0 Å². The maximum atomic E-state index is 11.4. The van der Waals surface area contributed by atoms with Crippen LogP contribution in [0.5, 0.6) is 0 Å². The highest BCUT2D eigenvalue weighted by Gasteiger charge is 2.48. The molecule has 0 radical (unpaired) electrons. The van der Waals surface area contributed by atoms with Gasteiger partial charge in [0, 0.05) is 18.9 Å². The number of amides is 1. The lowest BCUT2D eigenvalue weighted by molar-refractivity contribution is -0.248. The largest absolute Gasteiger partial charge is 0.388 e. The number of hydrogen-bond donors (Lipinski definition) is 2. The molecule has 22 heavy (non-hydrogen) atoms. The van der Waals surface area contributed by atoms with Gasteiger partial charge in [-0.3, -0.25) is 8.98 Å². The maximum absolute atomic E-state index is 11.4. The smallest absolute Gasteiger partial charge is 0.264 e. The Bertz CT molecular complexity index is 547. The van der Waals surface area contributed by atoms with Crippen molar-refractivity contribution >= 4 is 16.0 Å². The Morgan fingerprint density at radius 3 is 2.64 bits per heavy atom. The molecule has 5 atom stereocenters. The number of aliphatic hydroxyl groups is 1. The zero-order valence-electron chi connectivity index (χ0n) is 12.2. The van der Waals surface area contributed by atoms with Crippen LogP contribution in [0.2, 0.25) is 0 Å². The fourth-order valence-electron chi connectivity index (χ4n) is 2.09. The molecule has 0 unspecified atom stereocenters. The first-order valence-corrected chi connectivity index (χ1v) is 8.03. The second kappa shape index (κ2) is 7.72. The summed E-state index contributed by atoms with van der Waals surface area (Å²) in [7, 11) is -2.65. The average molecular weight is 338 g/mol. The van der Waals surface area contributed by atoms with Crippen molar-refractivity contribution in [2.45, 2.75) is 37.6 Å². The van der Waals surface area contributed by atoms with Crippen molar-refractivity contribution in [2.75, 3.05) is 19.9 Å². The van der Waals surface area contributed by atoms with Crippen molar-refractivity contribution in [3.05, 3.63) is 10.4 Å². The number of nitrogens with zero attached hydrogens (tertiary/aromatic N) is 3. The summed E-state index contributed by atoms with van der Waals surface area (Å²) in [5.41, 5.74) is 8.34. The number of carbonyl (C=O) groups excluding carboxylic acids is 1. The second-order valence-corrected chi connectivity index (χ2v) is 6.27. The molecule has 1 amide bonds. The third-order valence-corrected chi connectivity index (χ3v) is 3.46. The van der Waals surface area contributed by atoms with Crippen LogP contribution in [0, 0.1) is 0 Å². The number of azide groups is 1. The Kier molecular flexibility index (Phi) is 6.53. The average Bonchev–Trinajstić information content (AvgIpc) is 2.40. The number of methoxy groups -OCH3 is 1. The number of ether oxygens (including phenoxy) is 2. The number of hydrogen-bond acceptors (Lipinski definition) is 8. The van der Waals surface area contributed by atoms with Gasteiger partial charge >= 0.3 is 0 Å². The van der Waals surface area contributed by atoms with Crippen LogP contribution >= 0.6 is 0 Å². The Morgan fingerprint density at radius 1 is 1.55 bits per heavy atom. The van der Waals surface area contributed by atoms with Crippen molar-refractivity contribution < 1.29 is 32.0 Å². The van der Waals surface area contributed by atoms with E-state index >= 15 is 0 Å². The molecule has 0 bridgehead atoms. The molecule has 1 saturated heterocycles. The Morgan fingerprint density at radius 2 is 2.18 bits per heavy atom. The van der Waals surface area contributed by atoms with Crippen LogP contribution in [0.15, 0.2) is 5.11 Å². The summed E-state index contributed by atoms with van der Waals surface area (Å²) in [5, 5.41) is 15.9. The summed E-state index contributed by atoms with van der Waals surface area (Å²) in [5.74, 6) is -0.488. The highest BCUT2D eigenvalue weighted by molar-refractivity contribution is 7.86. The van der Waals surface area contributed by atoms with Crippen molar-refractivity contribution in [3.8, 4) is 0 Å². The van der Waals surface area contributed by atoms with Gasteiger partial charge in [-0.05, 0) is 5.53 Å². The molecular formula is C10H18N4O7S. The molecule has 0 aromatic heterocycles. The van der Waals surface area contributed by atoms with E-state index in [0.29, 0.717) is 0 Å². The minimum absolute atomic E-state index is 0.256.